The van der Waals surface area contributed by atoms with Gasteiger partial charge in [-0.2, -0.15) is 0 Å². The van der Waals surface area contributed by atoms with Crippen LogP contribution in [0.2, 0.25) is 0 Å². The molecule has 0 amide bonds. The van der Waals surface area contributed by atoms with Gasteiger partial charge in [0.2, 0.25) is 0 Å². The standard InChI is InChI=1S/C46H28N4/c1-3-16-30(17-4-1)43-46(48-37-25-13-12-24-36(37)47-43)50-39-28-27-29-15-7-8-20-32(29)41(39)42-34-22-10-9-21-33(34)40-35-23-11-14-26-38(35)49(44(40)45(42)50)31-18-5-2-6-19-31/h1-28H. The lowest BCUT2D eigenvalue weighted by Gasteiger charge is -2.16. The largest absolute Gasteiger partial charge is 0.307 e. The third-order valence-corrected chi connectivity index (χ3v) is 10.2. The van der Waals surface area contributed by atoms with Crippen molar-refractivity contribution < 1.29 is 0 Å². The first kappa shape index (κ1) is 27.2. The number of nitrogens with zero attached hydrogens (tertiary/aromatic N) is 4. The summed E-state index contributed by atoms with van der Waals surface area (Å²) in [5.74, 6) is 0.812. The second-order valence-electron chi connectivity index (χ2n) is 12.9. The highest BCUT2D eigenvalue weighted by Gasteiger charge is 2.27. The molecule has 0 radical (unpaired) electrons. The Bertz CT molecular complexity index is 3140. The Balaban J connectivity index is 1.49. The van der Waals surface area contributed by atoms with Gasteiger partial charge in [0.05, 0.1) is 33.1 Å². The predicted octanol–water partition coefficient (Wildman–Crippen LogP) is 11.8. The Morgan fingerprint density at radius 1 is 0.360 bits per heavy atom. The Hall–Kier alpha value is -6.78. The normalized spacial score (nSPS) is 12.0. The molecule has 8 aromatic carbocycles. The minimum absolute atomic E-state index is 0.812. The van der Waals surface area contributed by atoms with Gasteiger partial charge in [0.15, 0.2) is 5.82 Å². The molecule has 3 aromatic heterocycles. The zero-order chi connectivity index (χ0) is 32.8. The van der Waals surface area contributed by atoms with E-state index in [1.807, 2.05) is 12.1 Å². The lowest BCUT2D eigenvalue weighted by atomic mass is 9.96. The van der Waals surface area contributed by atoms with Crippen molar-refractivity contribution in [1.82, 2.24) is 19.1 Å². The van der Waals surface area contributed by atoms with Crippen molar-refractivity contribution in [2.75, 3.05) is 0 Å². The van der Waals surface area contributed by atoms with Gasteiger partial charge in [-0.05, 0) is 57.9 Å². The highest BCUT2D eigenvalue weighted by atomic mass is 15.1. The predicted molar refractivity (Wildman–Crippen MR) is 209 cm³/mol. The molecule has 11 rings (SSSR count). The summed E-state index contributed by atoms with van der Waals surface area (Å²) in [5.41, 5.74) is 9.26. The van der Waals surface area contributed by atoms with Crippen LogP contribution in [0.3, 0.4) is 0 Å². The van der Waals surface area contributed by atoms with Crippen LogP contribution in [0.4, 0.5) is 0 Å². The number of benzene rings is 8. The number of hydrogen-bond donors (Lipinski definition) is 0. The van der Waals surface area contributed by atoms with Crippen molar-refractivity contribution in [2.24, 2.45) is 0 Å². The van der Waals surface area contributed by atoms with E-state index < -0.39 is 0 Å². The van der Waals surface area contributed by atoms with Gasteiger partial charge in [0.1, 0.15) is 5.69 Å². The molecule has 0 aliphatic rings. The van der Waals surface area contributed by atoms with E-state index in [0.29, 0.717) is 0 Å². The van der Waals surface area contributed by atoms with Crippen LogP contribution < -0.4 is 0 Å². The smallest absolute Gasteiger partial charge is 0.165 e. The minimum atomic E-state index is 0.812. The van der Waals surface area contributed by atoms with E-state index in [9.17, 15) is 0 Å². The van der Waals surface area contributed by atoms with E-state index in [0.717, 1.165) is 50.3 Å². The molecule has 0 bridgehead atoms. The summed E-state index contributed by atoms with van der Waals surface area (Å²) >= 11 is 0. The molecule has 232 valence electrons. The van der Waals surface area contributed by atoms with Gasteiger partial charge in [0, 0.05) is 32.8 Å². The molecule has 0 unspecified atom stereocenters. The van der Waals surface area contributed by atoms with Gasteiger partial charge < -0.3 is 4.57 Å². The highest BCUT2D eigenvalue weighted by Crippen LogP contribution is 2.48. The van der Waals surface area contributed by atoms with Gasteiger partial charge >= 0.3 is 0 Å². The molecule has 3 heterocycles. The monoisotopic (exact) mass is 636 g/mol. The molecule has 0 spiro atoms. The van der Waals surface area contributed by atoms with E-state index in [1.165, 1.54) is 48.6 Å². The second kappa shape index (κ2) is 10.4. The quantitative estimate of drug-likeness (QED) is 0.193. The molecule has 0 atom stereocenters. The van der Waals surface area contributed by atoms with Gasteiger partial charge in [-0.25, -0.2) is 9.97 Å². The molecule has 0 saturated heterocycles. The van der Waals surface area contributed by atoms with Crippen molar-refractivity contribution in [3.8, 4) is 22.8 Å². The number of para-hydroxylation sites is 4. The Morgan fingerprint density at radius 2 is 0.940 bits per heavy atom. The van der Waals surface area contributed by atoms with Crippen LogP contribution >= 0.6 is 0 Å². The van der Waals surface area contributed by atoms with Crippen LogP contribution in [0, 0.1) is 0 Å². The van der Waals surface area contributed by atoms with Gasteiger partial charge in [0.25, 0.3) is 0 Å². The fraction of sp³-hybridized carbons (Fsp3) is 0. The van der Waals surface area contributed by atoms with Crippen molar-refractivity contribution in [2.45, 2.75) is 0 Å². The summed E-state index contributed by atoms with van der Waals surface area (Å²) in [6.07, 6.45) is 0. The second-order valence-corrected chi connectivity index (χ2v) is 12.9. The molecule has 0 saturated carbocycles. The summed E-state index contributed by atoms with van der Waals surface area (Å²) < 4.78 is 4.86. The molecule has 11 aromatic rings. The first-order valence-corrected chi connectivity index (χ1v) is 17.0. The maximum absolute atomic E-state index is 5.51. The molecule has 4 heteroatoms. The van der Waals surface area contributed by atoms with E-state index in [2.05, 4.69) is 167 Å². The third kappa shape index (κ3) is 3.70. The van der Waals surface area contributed by atoms with E-state index in [4.69, 9.17) is 9.97 Å². The van der Waals surface area contributed by atoms with Crippen LogP contribution in [0.15, 0.2) is 170 Å². The fourth-order valence-corrected chi connectivity index (χ4v) is 8.20. The number of aromatic nitrogens is 4. The van der Waals surface area contributed by atoms with Gasteiger partial charge in [-0.1, -0.05) is 133 Å². The van der Waals surface area contributed by atoms with Gasteiger partial charge in [-0.15, -0.1) is 0 Å². The van der Waals surface area contributed by atoms with Crippen molar-refractivity contribution in [3.63, 3.8) is 0 Å². The van der Waals surface area contributed by atoms with Gasteiger partial charge in [-0.3, -0.25) is 4.57 Å². The van der Waals surface area contributed by atoms with Crippen molar-refractivity contribution in [3.05, 3.63) is 170 Å². The average Bonchev–Trinajstić information content (AvgIpc) is 3.72. The van der Waals surface area contributed by atoms with Crippen LogP contribution in [0.1, 0.15) is 0 Å². The molecular weight excluding hydrogens is 609 g/mol. The SMILES string of the molecule is c1ccc(-c2nc3ccccc3nc2-n2c3ccc4ccccc4c3c3c4ccccc4c4c5ccccc5n(-c5ccccc5)c4c32)cc1. The van der Waals surface area contributed by atoms with Crippen molar-refractivity contribution >= 4 is 76.2 Å². The highest BCUT2D eigenvalue weighted by molar-refractivity contribution is 6.39. The lowest BCUT2D eigenvalue weighted by Crippen LogP contribution is -2.05. The molecule has 0 aliphatic carbocycles. The minimum Gasteiger partial charge on any atom is -0.307 e. The Kier molecular flexibility index (Phi) is 5.63. The summed E-state index contributed by atoms with van der Waals surface area (Å²) in [5, 5.41) is 9.77. The lowest BCUT2D eigenvalue weighted by molar-refractivity contribution is 1.08. The molecule has 4 nitrogen and oxygen atoms in total. The van der Waals surface area contributed by atoms with E-state index in [1.54, 1.807) is 0 Å². The molecular formula is C46H28N4. The Labute approximate surface area is 287 Å². The maximum Gasteiger partial charge on any atom is 0.165 e. The first-order valence-electron chi connectivity index (χ1n) is 17.0. The molecule has 0 aliphatic heterocycles. The Morgan fingerprint density at radius 3 is 1.72 bits per heavy atom. The summed E-state index contributed by atoms with van der Waals surface area (Å²) in [6.45, 7) is 0. The molecule has 50 heavy (non-hydrogen) atoms. The van der Waals surface area contributed by atoms with Crippen LogP contribution in [-0.2, 0) is 0 Å². The molecule has 0 N–H and O–H groups in total. The zero-order valence-electron chi connectivity index (χ0n) is 27.0. The topological polar surface area (TPSA) is 35.6 Å². The summed E-state index contributed by atoms with van der Waals surface area (Å²) in [4.78, 5) is 10.9. The van der Waals surface area contributed by atoms with Crippen LogP contribution in [0.25, 0.3) is 99.0 Å². The maximum atomic E-state index is 5.51. The van der Waals surface area contributed by atoms with Crippen LogP contribution in [0.5, 0.6) is 0 Å². The van der Waals surface area contributed by atoms with Crippen molar-refractivity contribution in [1.29, 1.82) is 0 Å². The summed E-state index contributed by atoms with van der Waals surface area (Å²) in [7, 11) is 0. The summed E-state index contributed by atoms with van der Waals surface area (Å²) in [6, 6.07) is 60.4. The molecule has 0 fully saturated rings. The first-order chi connectivity index (χ1) is 24.8. The van der Waals surface area contributed by atoms with E-state index in [-0.39, 0.29) is 0 Å². The fourth-order valence-electron chi connectivity index (χ4n) is 8.20. The average molecular weight is 637 g/mol. The van der Waals surface area contributed by atoms with E-state index >= 15 is 0 Å². The zero-order valence-corrected chi connectivity index (χ0v) is 27.0. The third-order valence-electron chi connectivity index (χ3n) is 10.2. The number of fused-ring (bicyclic) bond motifs is 13. The number of rotatable bonds is 3. The van der Waals surface area contributed by atoms with Crippen LogP contribution in [-0.4, -0.2) is 19.1 Å². The number of hydrogen-bond acceptors (Lipinski definition) is 2.